The molecule has 0 aliphatic heterocycles. The number of nitrogens with one attached hydrogen (secondary N) is 1. The van der Waals surface area contributed by atoms with E-state index in [0.717, 1.165) is 5.56 Å². The molecule has 0 saturated heterocycles. The number of nitrogens with zero attached hydrogens (tertiary/aromatic N) is 2. The molecule has 0 unspecified atom stereocenters. The van der Waals surface area contributed by atoms with E-state index in [0.29, 0.717) is 6.54 Å². The number of benzene rings is 2. The van der Waals surface area contributed by atoms with E-state index in [-0.39, 0.29) is 28.7 Å². The van der Waals surface area contributed by atoms with Crippen LogP contribution in [0.4, 0.5) is 20.2 Å². The summed E-state index contributed by atoms with van der Waals surface area (Å²) in [6.07, 6.45) is 0. The number of halogens is 3. The van der Waals surface area contributed by atoms with Gasteiger partial charge in [-0.3, -0.25) is 19.8 Å². The van der Waals surface area contributed by atoms with E-state index in [2.05, 4.69) is 10.1 Å². The first-order chi connectivity index (χ1) is 12.7. The number of nitro benzene ring substituents is 1. The third-order valence-electron chi connectivity index (χ3n) is 3.44. The molecular formula is C17H16ClF2N3O4. The fraction of sp³-hybridized carbons (Fsp3) is 0.235. The van der Waals surface area contributed by atoms with Gasteiger partial charge in [-0.2, -0.15) is 8.78 Å². The van der Waals surface area contributed by atoms with E-state index in [4.69, 9.17) is 11.6 Å². The Balaban J connectivity index is 1.94. The van der Waals surface area contributed by atoms with Gasteiger partial charge in [-0.05, 0) is 36.9 Å². The van der Waals surface area contributed by atoms with Gasteiger partial charge >= 0.3 is 6.61 Å². The largest absolute Gasteiger partial charge is 0.435 e. The Kier molecular flexibility index (Phi) is 7.03. The first-order valence-electron chi connectivity index (χ1n) is 7.70. The van der Waals surface area contributed by atoms with Crippen LogP contribution in [0.5, 0.6) is 5.75 Å². The highest BCUT2D eigenvalue weighted by Gasteiger charge is 2.17. The smallest absolute Gasteiger partial charge is 0.387 e. The first kappa shape index (κ1) is 20.5. The maximum Gasteiger partial charge on any atom is 0.387 e. The van der Waals surface area contributed by atoms with Crippen LogP contribution in [-0.4, -0.2) is 35.9 Å². The van der Waals surface area contributed by atoms with Crippen LogP contribution in [-0.2, 0) is 11.3 Å². The summed E-state index contributed by atoms with van der Waals surface area (Å²) in [6.45, 7) is -2.57. The highest BCUT2D eigenvalue weighted by molar-refractivity contribution is 6.31. The highest BCUT2D eigenvalue weighted by Crippen LogP contribution is 2.27. The molecule has 2 aromatic carbocycles. The number of nitro groups is 1. The standard InChI is InChI=1S/C17H16ClF2N3O4/c1-22(9-11-2-5-13(6-3-11)27-17(19)20)10-16(24)21-14-8-12(18)4-7-15(14)23(25)26/h2-8,17H,9-10H2,1H3,(H,21,24). The molecule has 0 radical (unpaired) electrons. The lowest BCUT2D eigenvalue weighted by molar-refractivity contribution is -0.383. The molecule has 1 N–H and O–H groups in total. The maximum atomic E-state index is 12.2. The summed E-state index contributed by atoms with van der Waals surface area (Å²) in [5.41, 5.74) is 0.532. The van der Waals surface area contributed by atoms with E-state index < -0.39 is 17.4 Å². The topological polar surface area (TPSA) is 84.7 Å². The van der Waals surface area contributed by atoms with Crippen molar-refractivity contribution in [1.29, 1.82) is 0 Å². The predicted molar refractivity (Wildman–Crippen MR) is 96.1 cm³/mol. The molecule has 0 bridgehead atoms. The van der Waals surface area contributed by atoms with Crippen LogP contribution < -0.4 is 10.1 Å². The number of likely N-dealkylation sites (N-methyl/N-ethyl adjacent to an activating group) is 1. The molecule has 10 heteroatoms. The zero-order valence-electron chi connectivity index (χ0n) is 14.2. The third kappa shape index (κ3) is 6.46. The Bertz CT molecular complexity index is 818. The second-order valence-electron chi connectivity index (χ2n) is 5.66. The predicted octanol–water partition coefficient (Wildman–Crippen LogP) is 3.92. The molecule has 27 heavy (non-hydrogen) atoms. The number of rotatable bonds is 8. The quantitative estimate of drug-likeness (QED) is 0.537. The van der Waals surface area contributed by atoms with Crippen molar-refractivity contribution in [2.45, 2.75) is 13.2 Å². The van der Waals surface area contributed by atoms with Crippen LogP contribution in [0, 0.1) is 10.1 Å². The van der Waals surface area contributed by atoms with E-state index in [9.17, 15) is 23.7 Å². The van der Waals surface area contributed by atoms with Gasteiger partial charge in [-0.15, -0.1) is 0 Å². The van der Waals surface area contributed by atoms with E-state index in [1.807, 2.05) is 0 Å². The third-order valence-corrected chi connectivity index (χ3v) is 3.68. The molecule has 0 saturated carbocycles. The van der Waals surface area contributed by atoms with Crippen LogP contribution in [0.1, 0.15) is 5.56 Å². The first-order valence-corrected chi connectivity index (χ1v) is 8.08. The second-order valence-corrected chi connectivity index (χ2v) is 6.10. The molecular weight excluding hydrogens is 384 g/mol. The van der Waals surface area contributed by atoms with Crippen LogP contribution >= 0.6 is 11.6 Å². The second kappa shape index (κ2) is 9.24. The van der Waals surface area contributed by atoms with Gasteiger partial charge in [0, 0.05) is 17.6 Å². The van der Waals surface area contributed by atoms with Gasteiger partial charge in [0.15, 0.2) is 0 Å². The van der Waals surface area contributed by atoms with Gasteiger partial charge in [0.05, 0.1) is 11.5 Å². The van der Waals surface area contributed by atoms with Crippen molar-refractivity contribution in [3.63, 3.8) is 0 Å². The average Bonchev–Trinajstić information content (AvgIpc) is 2.55. The van der Waals surface area contributed by atoms with Crippen LogP contribution in [0.2, 0.25) is 5.02 Å². The Labute approximate surface area is 158 Å². The fourth-order valence-corrected chi connectivity index (χ4v) is 2.52. The molecule has 0 aliphatic carbocycles. The number of carbonyl (C=O) groups excluding carboxylic acids is 1. The molecule has 0 atom stereocenters. The van der Waals surface area contributed by atoms with Crippen LogP contribution in [0.3, 0.4) is 0 Å². The van der Waals surface area contributed by atoms with Crippen molar-refractivity contribution in [3.8, 4) is 5.75 Å². The summed E-state index contributed by atoms with van der Waals surface area (Å²) in [5.74, 6) is -0.414. The summed E-state index contributed by atoms with van der Waals surface area (Å²) in [7, 11) is 1.68. The van der Waals surface area contributed by atoms with Crippen LogP contribution in [0.25, 0.3) is 0 Å². The maximum absolute atomic E-state index is 12.2. The summed E-state index contributed by atoms with van der Waals surface area (Å²) >= 11 is 5.82. The number of hydrogen-bond acceptors (Lipinski definition) is 5. The molecule has 1 amide bonds. The average molecular weight is 400 g/mol. The SMILES string of the molecule is CN(CC(=O)Nc1cc(Cl)ccc1[N+](=O)[O-])Cc1ccc(OC(F)F)cc1. The molecule has 0 aromatic heterocycles. The zero-order valence-corrected chi connectivity index (χ0v) is 15.0. The Morgan fingerprint density at radius 3 is 2.56 bits per heavy atom. The van der Waals surface area contributed by atoms with Gasteiger partial charge in [-0.25, -0.2) is 0 Å². The van der Waals surface area contributed by atoms with E-state index in [1.54, 1.807) is 24.1 Å². The minimum absolute atomic E-state index is 0.0133. The Morgan fingerprint density at radius 1 is 1.30 bits per heavy atom. The molecule has 0 aliphatic rings. The van der Waals surface area contributed by atoms with Gasteiger partial charge in [0.1, 0.15) is 11.4 Å². The number of amides is 1. The van der Waals surface area contributed by atoms with Gasteiger partial charge in [0.2, 0.25) is 5.91 Å². The van der Waals surface area contributed by atoms with Crippen molar-refractivity contribution in [2.24, 2.45) is 0 Å². The highest BCUT2D eigenvalue weighted by atomic mass is 35.5. The van der Waals surface area contributed by atoms with Gasteiger partial charge in [-0.1, -0.05) is 23.7 Å². The lowest BCUT2D eigenvalue weighted by Crippen LogP contribution is -2.30. The van der Waals surface area contributed by atoms with Crippen LogP contribution in [0.15, 0.2) is 42.5 Å². The number of ether oxygens (including phenoxy) is 1. The minimum atomic E-state index is -2.89. The number of hydrogen-bond donors (Lipinski definition) is 1. The Morgan fingerprint density at radius 2 is 1.96 bits per heavy atom. The lowest BCUT2D eigenvalue weighted by Gasteiger charge is -2.16. The number of anilines is 1. The molecule has 2 aromatic rings. The van der Waals surface area contributed by atoms with E-state index >= 15 is 0 Å². The van der Waals surface area contributed by atoms with E-state index in [1.165, 1.54) is 30.3 Å². The summed E-state index contributed by atoms with van der Waals surface area (Å²) in [4.78, 5) is 24.2. The van der Waals surface area contributed by atoms with Gasteiger partial charge < -0.3 is 10.1 Å². The lowest BCUT2D eigenvalue weighted by atomic mass is 10.2. The minimum Gasteiger partial charge on any atom is -0.435 e. The van der Waals surface area contributed by atoms with Gasteiger partial charge in [0.25, 0.3) is 5.69 Å². The number of carbonyl (C=O) groups is 1. The van der Waals surface area contributed by atoms with Crippen molar-refractivity contribution in [2.75, 3.05) is 18.9 Å². The normalized spacial score (nSPS) is 10.9. The Hall–Kier alpha value is -2.78. The summed E-state index contributed by atoms with van der Waals surface area (Å²) in [6, 6.07) is 9.91. The number of alkyl halides is 2. The monoisotopic (exact) mass is 399 g/mol. The van der Waals surface area contributed by atoms with Crippen molar-refractivity contribution >= 4 is 28.9 Å². The van der Waals surface area contributed by atoms with Crippen molar-refractivity contribution in [1.82, 2.24) is 4.90 Å². The molecule has 0 heterocycles. The fourth-order valence-electron chi connectivity index (χ4n) is 2.35. The zero-order chi connectivity index (χ0) is 20.0. The molecule has 0 spiro atoms. The van der Waals surface area contributed by atoms with Crippen molar-refractivity contribution in [3.05, 3.63) is 63.2 Å². The molecule has 2 rings (SSSR count). The molecule has 144 valence electrons. The molecule has 7 nitrogen and oxygen atoms in total. The van der Waals surface area contributed by atoms with Crippen molar-refractivity contribution < 1.29 is 23.2 Å². The molecule has 0 fully saturated rings. The summed E-state index contributed by atoms with van der Waals surface area (Å²) < 4.78 is 28.5. The summed E-state index contributed by atoms with van der Waals surface area (Å²) in [5, 5.41) is 13.7.